The van der Waals surface area contributed by atoms with E-state index < -0.39 is 12.1 Å². The number of aliphatic hydroxyl groups excluding tert-OH is 2. The highest BCUT2D eigenvalue weighted by Gasteiger charge is 2.18. The maximum absolute atomic E-state index is 12.4. The zero-order valence-electron chi connectivity index (χ0n) is 42.1. The van der Waals surface area contributed by atoms with Crippen LogP contribution in [0.2, 0.25) is 0 Å². The van der Waals surface area contributed by atoms with Crippen LogP contribution >= 0.6 is 0 Å². The summed E-state index contributed by atoms with van der Waals surface area (Å²) in [4.78, 5) is 24.4. The fraction of sp³-hybridized carbons (Fsp3) is 0.860. The third-order valence-corrected chi connectivity index (χ3v) is 12.7. The van der Waals surface area contributed by atoms with Crippen LogP contribution in [-0.2, 0) is 14.3 Å². The van der Waals surface area contributed by atoms with Crippen LogP contribution in [-0.4, -0.2) is 47.4 Å². The van der Waals surface area contributed by atoms with Gasteiger partial charge in [0.15, 0.2) is 0 Å². The van der Waals surface area contributed by atoms with E-state index in [0.717, 1.165) is 57.8 Å². The Bertz CT molecular complexity index is 1020. The van der Waals surface area contributed by atoms with Crippen LogP contribution in [0.5, 0.6) is 0 Å². The van der Waals surface area contributed by atoms with Gasteiger partial charge in [0.25, 0.3) is 0 Å². The summed E-state index contributed by atoms with van der Waals surface area (Å²) in [6.07, 6.45) is 64.5. The summed E-state index contributed by atoms with van der Waals surface area (Å²) < 4.78 is 5.46. The molecule has 0 rings (SSSR count). The first-order valence-corrected chi connectivity index (χ1v) is 27.8. The Balaban J connectivity index is 3.46. The van der Waals surface area contributed by atoms with E-state index in [0.29, 0.717) is 19.4 Å². The van der Waals surface area contributed by atoms with E-state index in [1.54, 1.807) is 6.08 Å². The van der Waals surface area contributed by atoms with Crippen molar-refractivity contribution in [2.24, 2.45) is 0 Å². The molecule has 0 aromatic heterocycles. The summed E-state index contributed by atoms with van der Waals surface area (Å²) in [6.45, 7) is 4.88. The summed E-state index contributed by atoms with van der Waals surface area (Å²) in [7, 11) is 0. The average molecular weight is 886 g/mol. The van der Waals surface area contributed by atoms with Crippen LogP contribution in [0.25, 0.3) is 0 Å². The van der Waals surface area contributed by atoms with Crippen molar-refractivity contribution in [3.05, 3.63) is 36.5 Å². The van der Waals surface area contributed by atoms with Gasteiger partial charge < -0.3 is 20.3 Å². The first-order valence-electron chi connectivity index (χ1n) is 27.8. The molecule has 2 atom stereocenters. The molecule has 0 aromatic carbocycles. The number of unbranched alkanes of at least 4 members (excludes halogenated alkanes) is 36. The predicted octanol–water partition coefficient (Wildman–Crippen LogP) is 16.9. The van der Waals surface area contributed by atoms with Crippen molar-refractivity contribution in [2.45, 2.75) is 302 Å². The van der Waals surface area contributed by atoms with Crippen LogP contribution in [0.4, 0.5) is 0 Å². The predicted molar refractivity (Wildman–Crippen MR) is 273 cm³/mol. The molecule has 0 aliphatic carbocycles. The third kappa shape index (κ3) is 49.4. The van der Waals surface area contributed by atoms with Crippen LogP contribution in [0.15, 0.2) is 36.5 Å². The first kappa shape index (κ1) is 61.1. The molecular formula is C57H107NO5. The highest BCUT2D eigenvalue weighted by Crippen LogP contribution is 2.16. The SMILES string of the molecule is CCCCCCCCCCC/C=C/C(O)C(CO)NC(=O)CCCCCCCCC/C=C\C/C=C\CCCCCCCCCCCOC(=O)CCCCCCCCCCCCCC. The van der Waals surface area contributed by atoms with Crippen molar-refractivity contribution in [2.75, 3.05) is 13.2 Å². The number of hydrogen-bond donors (Lipinski definition) is 3. The van der Waals surface area contributed by atoms with Crippen molar-refractivity contribution in [1.82, 2.24) is 5.32 Å². The maximum atomic E-state index is 12.4. The topological polar surface area (TPSA) is 95.9 Å². The van der Waals surface area contributed by atoms with E-state index in [-0.39, 0.29) is 18.5 Å². The summed E-state index contributed by atoms with van der Waals surface area (Å²) in [6, 6.07) is -0.634. The second-order valence-electron chi connectivity index (χ2n) is 18.9. The van der Waals surface area contributed by atoms with Gasteiger partial charge in [-0.15, -0.1) is 0 Å². The lowest BCUT2D eigenvalue weighted by Gasteiger charge is -2.20. The molecule has 0 aromatic rings. The fourth-order valence-electron chi connectivity index (χ4n) is 8.37. The number of nitrogens with one attached hydrogen (secondary N) is 1. The molecule has 0 fully saturated rings. The Morgan fingerprint density at radius 3 is 1.21 bits per heavy atom. The van der Waals surface area contributed by atoms with E-state index in [4.69, 9.17) is 4.74 Å². The molecule has 63 heavy (non-hydrogen) atoms. The van der Waals surface area contributed by atoms with Gasteiger partial charge in [0.2, 0.25) is 5.91 Å². The minimum absolute atomic E-state index is 0.00667. The largest absolute Gasteiger partial charge is 0.466 e. The highest BCUT2D eigenvalue weighted by molar-refractivity contribution is 5.76. The van der Waals surface area contributed by atoms with E-state index in [2.05, 4.69) is 43.5 Å². The lowest BCUT2D eigenvalue weighted by molar-refractivity contribution is -0.143. The molecule has 370 valence electrons. The second kappa shape index (κ2) is 52.7. The Morgan fingerprint density at radius 1 is 0.444 bits per heavy atom. The van der Waals surface area contributed by atoms with Crippen LogP contribution in [0.1, 0.15) is 290 Å². The van der Waals surface area contributed by atoms with Crippen molar-refractivity contribution >= 4 is 11.9 Å². The van der Waals surface area contributed by atoms with Gasteiger partial charge in [-0.1, -0.05) is 249 Å². The van der Waals surface area contributed by atoms with Gasteiger partial charge in [-0.2, -0.15) is 0 Å². The van der Waals surface area contributed by atoms with E-state index in [1.165, 1.54) is 205 Å². The zero-order valence-corrected chi connectivity index (χ0v) is 42.1. The first-order chi connectivity index (χ1) is 31.0. The van der Waals surface area contributed by atoms with Crippen LogP contribution in [0.3, 0.4) is 0 Å². The molecular weight excluding hydrogens is 779 g/mol. The molecule has 0 bridgehead atoms. The van der Waals surface area contributed by atoms with Gasteiger partial charge in [0.1, 0.15) is 0 Å². The smallest absolute Gasteiger partial charge is 0.305 e. The van der Waals surface area contributed by atoms with Gasteiger partial charge in [0.05, 0.1) is 25.4 Å². The van der Waals surface area contributed by atoms with Crippen molar-refractivity contribution in [3.8, 4) is 0 Å². The lowest BCUT2D eigenvalue weighted by Crippen LogP contribution is -2.45. The normalized spacial score (nSPS) is 12.9. The Kier molecular flexibility index (Phi) is 51.1. The fourth-order valence-corrected chi connectivity index (χ4v) is 8.37. The van der Waals surface area contributed by atoms with Gasteiger partial charge in [-0.05, 0) is 64.2 Å². The number of esters is 1. The van der Waals surface area contributed by atoms with E-state index in [9.17, 15) is 19.8 Å². The molecule has 6 heteroatoms. The minimum Gasteiger partial charge on any atom is -0.466 e. The summed E-state index contributed by atoms with van der Waals surface area (Å²) in [5, 5.41) is 23.0. The molecule has 6 nitrogen and oxygen atoms in total. The number of allylic oxidation sites excluding steroid dienone is 5. The highest BCUT2D eigenvalue weighted by atomic mass is 16.5. The number of hydrogen-bond acceptors (Lipinski definition) is 5. The van der Waals surface area contributed by atoms with Crippen molar-refractivity contribution in [3.63, 3.8) is 0 Å². The molecule has 2 unspecified atom stereocenters. The second-order valence-corrected chi connectivity index (χ2v) is 18.9. The Morgan fingerprint density at radius 2 is 0.794 bits per heavy atom. The molecule has 3 N–H and O–H groups in total. The van der Waals surface area contributed by atoms with Crippen molar-refractivity contribution in [1.29, 1.82) is 0 Å². The zero-order chi connectivity index (χ0) is 45.8. The molecule has 0 aliphatic heterocycles. The standard InChI is InChI=1S/C57H107NO5/c1-3-5-7-9-11-13-15-31-35-39-43-47-51-57(62)63-52-48-44-40-36-32-28-26-24-22-20-18-16-17-19-21-23-25-27-30-34-38-42-46-50-56(61)58-54(53-59)55(60)49-45-41-37-33-29-14-12-10-8-6-4-2/h16,18-19,21,45,49,54-55,59-60H,3-15,17,20,22-44,46-48,50-53H2,1-2H3,(H,58,61)/b18-16-,21-19-,49-45+. The van der Waals surface area contributed by atoms with Crippen LogP contribution in [0, 0.1) is 0 Å². The quantitative estimate of drug-likeness (QED) is 0.0321. The van der Waals surface area contributed by atoms with E-state index in [1.807, 2.05) is 6.08 Å². The number of amides is 1. The van der Waals surface area contributed by atoms with Gasteiger partial charge >= 0.3 is 5.97 Å². The van der Waals surface area contributed by atoms with E-state index >= 15 is 0 Å². The number of ether oxygens (including phenoxy) is 1. The van der Waals surface area contributed by atoms with Crippen molar-refractivity contribution < 1.29 is 24.5 Å². The summed E-state index contributed by atoms with van der Waals surface area (Å²) >= 11 is 0. The molecule has 1 amide bonds. The third-order valence-electron chi connectivity index (χ3n) is 12.7. The minimum atomic E-state index is -0.849. The summed E-state index contributed by atoms with van der Waals surface area (Å²) in [5.74, 6) is -0.0734. The van der Waals surface area contributed by atoms with Crippen LogP contribution < -0.4 is 5.32 Å². The summed E-state index contributed by atoms with van der Waals surface area (Å²) in [5.41, 5.74) is 0. The number of rotatable bonds is 51. The number of carbonyl (C=O) groups excluding carboxylic acids is 2. The number of carbonyl (C=O) groups is 2. The van der Waals surface area contributed by atoms with Gasteiger partial charge in [0, 0.05) is 12.8 Å². The molecule has 0 aliphatic rings. The average Bonchev–Trinajstić information content (AvgIpc) is 3.28. The molecule has 0 heterocycles. The van der Waals surface area contributed by atoms with Gasteiger partial charge in [-0.3, -0.25) is 9.59 Å². The molecule has 0 saturated carbocycles. The Hall–Kier alpha value is -1.92. The molecule has 0 saturated heterocycles. The monoisotopic (exact) mass is 886 g/mol. The Labute approximate surface area is 392 Å². The van der Waals surface area contributed by atoms with Gasteiger partial charge in [-0.25, -0.2) is 0 Å². The lowest BCUT2D eigenvalue weighted by atomic mass is 10.0. The number of aliphatic hydroxyl groups is 2. The maximum Gasteiger partial charge on any atom is 0.305 e. The molecule has 0 radical (unpaired) electrons. The molecule has 0 spiro atoms.